The first-order valence-electron chi connectivity index (χ1n) is 4.07. The van der Waals surface area contributed by atoms with Crippen LogP contribution in [0, 0.1) is 0 Å². The topological polar surface area (TPSA) is 35.2 Å². The zero-order valence-corrected chi connectivity index (χ0v) is 8.93. The van der Waals surface area contributed by atoms with E-state index in [1.807, 2.05) is 0 Å². The summed E-state index contributed by atoms with van der Waals surface area (Å²) in [5.41, 5.74) is 6.03. The number of nitrogens with two attached hydrogens (primary N) is 1. The molecule has 14 heavy (non-hydrogen) atoms. The molecule has 0 aliphatic carbocycles. The fourth-order valence-electron chi connectivity index (χ4n) is 1.13. The van der Waals surface area contributed by atoms with Gasteiger partial charge in [0.2, 0.25) is 0 Å². The van der Waals surface area contributed by atoms with Gasteiger partial charge in [-0.15, -0.1) is 0 Å². The van der Waals surface area contributed by atoms with Crippen LogP contribution in [0.15, 0.2) is 22.7 Å². The van der Waals surface area contributed by atoms with Crippen molar-refractivity contribution in [2.24, 2.45) is 5.73 Å². The standard InChI is InChI=1S/C9H10BrF2NO/c10-7-3-1-2-6(4-5-13)8(7)14-9(11)12/h1-3,9H,4-5,13H2. The summed E-state index contributed by atoms with van der Waals surface area (Å²) in [6, 6.07) is 5.13. The van der Waals surface area contributed by atoms with E-state index < -0.39 is 6.61 Å². The predicted octanol–water partition coefficient (Wildman–Crippen LogP) is 2.55. The molecule has 0 fully saturated rings. The molecule has 0 atom stereocenters. The van der Waals surface area contributed by atoms with Crippen LogP contribution < -0.4 is 10.5 Å². The summed E-state index contributed by atoms with van der Waals surface area (Å²) < 4.78 is 29.0. The van der Waals surface area contributed by atoms with Crippen LogP contribution in [0.3, 0.4) is 0 Å². The van der Waals surface area contributed by atoms with E-state index >= 15 is 0 Å². The van der Waals surface area contributed by atoms with Gasteiger partial charge in [-0.1, -0.05) is 12.1 Å². The lowest BCUT2D eigenvalue weighted by atomic mass is 10.1. The summed E-state index contributed by atoms with van der Waals surface area (Å²) in [7, 11) is 0. The summed E-state index contributed by atoms with van der Waals surface area (Å²) in [6.07, 6.45) is 0.515. The highest BCUT2D eigenvalue weighted by atomic mass is 79.9. The van der Waals surface area contributed by atoms with Crippen molar-refractivity contribution in [2.45, 2.75) is 13.0 Å². The first kappa shape index (κ1) is 11.4. The van der Waals surface area contributed by atoms with Crippen molar-refractivity contribution in [1.82, 2.24) is 0 Å². The Morgan fingerprint density at radius 1 is 1.43 bits per heavy atom. The van der Waals surface area contributed by atoms with Gasteiger partial charge in [-0.2, -0.15) is 8.78 Å². The second-order valence-electron chi connectivity index (χ2n) is 2.65. The van der Waals surface area contributed by atoms with Crippen molar-refractivity contribution >= 4 is 15.9 Å². The smallest absolute Gasteiger partial charge is 0.387 e. The lowest BCUT2D eigenvalue weighted by Gasteiger charge is -2.11. The van der Waals surface area contributed by atoms with Crippen molar-refractivity contribution < 1.29 is 13.5 Å². The van der Waals surface area contributed by atoms with Crippen molar-refractivity contribution in [2.75, 3.05) is 6.54 Å². The van der Waals surface area contributed by atoms with Gasteiger partial charge in [0.05, 0.1) is 4.47 Å². The lowest BCUT2D eigenvalue weighted by molar-refractivity contribution is -0.0509. The molecule has 0 bridgehead atoms. The molecule has 0 aliphatic heterocycles. The summed E-state index contributed by atoms with van der Waals surface area (Å²) >= 11 is 3.15. The minimum atomic E-state index is -2.81. The van der Waals surface area contributed by atoms with Crippen LogP contribution in [0.2, 0.25) is 0 Å². The van der Waals surface area contributed by atoms with Gasteiger partial charge in [0.15, 0.2) is 0 Å². The fraction of sp³-hybridized carbons (Fsp3) is 0.333. The van der Waals surface area contributed by atoms with E-state index in [1.165, 1.54) is 0 Å². The summed E-state index contributed by atoms with van der Waals surface area (Å²) in [6.45, 7) is -2.42. The molecular formula is C9H10BrF2NO. The maximum atomic E-state index is 12.0. The number of alkyl halides is 2. The van der Waals surface area contributed by atoms with Crippen LogP contribution >= 0.6 is 15.9 Å². The van der Waals surface area contributed by atoms with Gasteiger partial charge in [0.25, 0.3) is 0 Å². The van der Waals surface area contributed by atoms with Crippen LogP contribution in [0.5, 0.6) is 5.75 Å². The zero-order chi connectivity index (χ0) is 10.6. The fourth-order valence-corrected chi connectivity index (χ4v) is 1.63. The average Bonchev–Trinajstić information content (AvgIpc) is 2.11. The third-order valence-electron chi connectivity index (χ3n) is 1.67. The Morgan fingerprint density at radius 2 is 2.14 bits per heavy atom. The van der Waals surface area contributed by atoms with E-state index in [0.717, 1.165) is 0 Å². The lowest BCUT2D eigenvalue weighted by Crippen LogP contribution is -2.08. The predicted molar refractivity (Wildman–Crippen MR) is 53.5 cm³/mol. The normalized spacial score (nSPS) is 10.6. The van der Waals surface area contributed by atoms with Gasteiger partial charge in [0, 0.05) is 0 Å². The molecule has 0 aromatic heterocycles. The number of halogens is 3. The molecule has 2 nitrogen and oxygen atoms in total. The molecule has 0 unspecified atom stereocenters. The van der Waals surface area contributed by atoms with Crippen molar-refractivity contribution in [3.05, 3.63) is 28.2 Å². The van der Waals surface area contributed by atoms with Crippen LogP contribution in [0.1, 0.15) is 5.56 Å². The van der Waals surface area contributed by atoms with E-state index in [2.05, 4.69) is 20.7 Å². The molecule has 0 saturated heterocycles. The Balaban J connectivity index is 2.96. The second kappa shape index (κ2) is 5.26. The molecule has 2 N–H and O–H groups in total. The zero-order valence-electron chi connectivity index (χ0n) is 7.34. The Kier molecular flexibility index (Phi) is 4.28. The maximum absolute atomic E-state index is 12.0. The molecule has 78 valence electrons. The summed E-state index contributed by atoms with van der Waals surface area (Å²) in [4.78, 5) is 0. The molecule has 1 aromatic rings. The number of hydrogen-bond acceptors (Lipinski definition) is 2. The molecular weight excluding hydrogens is 256 g/mol. The highest BCUT2D eigenvalue weighted by Crippen LogP contribution is 2.30. The highest BCUT2D eigenvalue weighted by molar-refractivity contribution is 9.10. The average molecular weight is 266 g/mol. The van der Waals surface area contributed by atoms with Gasteiger partial charge >= 0.3 is 6.61 Å². The number of ether oxygens (including phenoxy) is 1. The van der Waals surface area contributed by atoms with Gasteiger partial charge in [-0.25, -0.2) is 0 Å². The Bertz CT molecular complexity index is 307. The van der Waals surface area contributed by atoms with Gasteiger partial charge in [-0.3, -0.25) is 0 Å². The van der Waals surface area contributed by atoms with Crippen LogP contribution in [0.4, 0.5) is 8.78 Å². The SMILES string of the molecule is NCCc1cccc(Br)c1OC(F)F. The van der Waals surface area contributed by atoms with E-state index in [1.54, 1.807) is 18.2 Å². The minimum Gasteiger partial charge on any atom is -0.433 e. The van der Waals surface area contributed by atoms with E-state index in [0.29, 0.717) is 23.0 Å². The molecule has 0 aliphatic rings. The van der Waals surface area contributed by atoms with E-state index in [9.17, 15) is 8.78 Å². The maximum Gasteiger partial charge on any atom is 0.387 e. The second-order valence-corrected chi connectivity index (χ2v) is 3.50. The molecule has 1 rings (SSSR count). The molecule has 0 radical (unpaired) electrons. The molecule has 0 amide bonds. The highest BCUT2D eigenvalue weighted by Gasteiger charge is 2.12. The van der Waals surface area contributed by atoms with E-state index in [-0.39, 0.29) is 5.75 Å². The van der Waals surface area contributed by atoms with Crippen LogP contribution in [-0.4, -0.2) is 13.2 Å². The third-order valence-corrected chi connectivity index (χ3v) is 2.29. The quantitative estimate of drug-likeness (QED) is 0.908. The third kappa shape index (κ3) is 2.92. The molecule has 5 heteroatoms. The Morgan fingerprint density at radius 3 is 2.71 bits per heavy atom. The Hall–Kier alpha value is -0.680. The van der Waals surface area contributed by atoms with Crippen molar-refractivity contribution in [1.29, 1.82) is 0 Å². The number of rotatable bonds is 4. The van der Waals surface area contributed by atoms with Crippen LogP contribution in [-0.2, 0) is 6.42 Å². The van der Waals surface area contributed by atoms with Crippen molar-refractivity contribution in [3.63, 3.8) is 0 Å². The largest absolute Gasteiger partial charge is 0.433 e. The molecule has 0 spiro atoms. The van der Waals surface area contributed by atoms with Gasteiger partial charge < -0.3 is 10.5 Å². The summed E-state index contributed by atoms with van der Waals surface area (Å²) in [5.74, 6) is 0.174. The molecule has 0 saturated carbocycles. The monoisotopic (exact) mass is 265 g/mol. The number of para-hydroxylation sites is 1. The number of benzene rings is 1. The molecule has 0 heterocycles. The van der Waals surface area contributed by atoms with Crippen molar-refractivity contribution in [3.8, 4) is 5.75 Å². The number of hydrogen-bond donors (Lipinski definition) is 1. The first-order chi connectivity index (χ1) is 6.65. The molecule has 1 aromatic carbocycles. The van der Waals surface area contributed by atoms with E-state index in [4.69, 9.17) is 5.73 Å². The van der Waals surface area contributed by atoms with Gasteiger partial charge in [0.1, 0.15) is 5.75 Å². The van der Waals surface area contributed by atoms with Gasteiger partial charge in [-0.05, 0) is 40.5 Å². The summed E-state index contributed by atoms with van der Waals surface area (Å²) in [5, 5.41) is 0. The van der Waals surface area contributed by atoms with Crippen LogP contribution in [0.25, 0.3) is 0 Å². The Labute approximate surface area is 89.2 Å². The first-order valence-corrected chi connectivity index (χ1v) is 4.86. The minimum absolute atomic E-state index is 0.174.